The predicted molar refractivity (Wildman–Crippen MR) is 72.6 cm³/mol. The summed E-state index contributed by atoms with van der Waals surface area (Å²) in [6.07, 6.45) is 0.704. The van der Waals surface area contributed by atoms with E-state index in [-0.39, 0.29) is 17.7 Å². The number of hydrogen-bond acceptors (Lipinski definition) is 2. The average Bonchev–Trinajstić information content (AvgIpc) is 3.12. The summed E-state index contributed by atoms with van der Waals surface area (Å²) in [7, 11) is 0. The fraction of sp³-hybridized carbons (Fsp3) is 0.385. The highest BCUT2D eigenvalue weighted by molar-refractivity contribution is 6.42. The molecule has 2 N–H and O–H groups in total. The smallest absolute Gasteiger partial charge is 0.325 e. The van der Waals surface area contributed by atoms with Crippen molar-refractivity contribution in [3.05, 3.63) is 33.8 Å². The summed E-state index contributed by atoms with van der Waals surface area (Å²) in [5.74, 6) is -1.36. The Bertz CT molecular complexity index is 533. The van der Waals surface area contributed by atoms with Gasteiger partial charge in [0.15, 0.2) is 0 Å². The summed E-state index contributed by atoms with van der Waals surface area (Å²) >= 11 is 11.8. The standard InChI is InChI=1S/C13H13Cl2NO3/c1-6(13(18)19)16-12(17)9-5-8(9)7-2-3-10(14)11(15)4-7/h2-4,6,8-9H,5H2,1H3,(H,16,17)(H,18,19)/t6-,8?,9?/m1/s1. The van der Waals surface area contributed by atoms with Crippen molar-refractivity contribution >= 4 is 35.1 Å². The van der Waals surface area contributed by atoms with Crippen LogP contribution in [0.5, 0.6) is 0 Å². The molecule has 0 radical (unpaired) electrons. The second-order valence-electron chi connectivity index (χ2n) is 4.69. The fourth-order valence-corrected chi connectivity index (χ4v) is 2.28. The van der Waals surface area contributed by atoms with Gasteiger partial charge in [0.05, 0.1) is 10.0 Å². The molecule has 4 nitrogen and oxygen atoms in total. The molecule has 102 valence electrons. The molecule has 0 aliphatic heterocycles. The molecular formula is C13H13Cl2NO3. The zero-order chi connectivity index (χ0) is 14.2. The Hall–Kier alpha value is -1.26. The monoisotopic (exact) mass is 301 g/mol. The zero-order valence-corrected chi connectivity index (χ0v) is 11.7. The Morgan fingerprint density at radius 1 is 1.37 bits per heavy atom. The summed E-state index contributed by atoms with van der Waals surface area (Å²) in [5, 5.41) is 12.1. The molecule has 2 unspecified atom stereocenters. The highest BCUT2D eigenvalue weighted by Gasteiger charge is 2.44. The van der Waals surface area contributed by atoms with Crippen LogP contribution in [-0.4, -0.2) is 23.0 Å². The lowest BCUT2D eigenvalue weighted by Gasteiger charge is -2.09. The molecule has 2 rings (SSSR count). The highest BCUT2D eigenvalue weighted by Crippen LogP contribution is 2.48. The summed E-state index contributed by atoms with van der Waals surface area (Å²) < 4.78 is 0. The van der Waals surface area contributed by atoms with E-state index in [1.165, 1.54) is 6.92 Å². The summed E-state index contributed by atoms with van der Waals surface area (Å²) in [6, 6.07) is 4.42. The Morgan fingerprint density at radius 2 is 2.05 bits per heavy atom. The van der Waals surface area contributed by atoms with Gasteiger partial charge in [-0.25, -0.2) is 0 Å². The minimum Gasteiger partial charge on any atom is -0.480 e. The molecule has 0 heterocycles. The molecule has 1 aliphatic rings. The van der Waals surface area contributed by atoms with E-state index in [9.17, 15) is 9.59 Å². The molecule has 1 aliphatic carbocycles. The van der Waals surface area contributed by atoms with E-state index < -0.39 is 12.0 Å². The first-order valence-corrected chi connectivity index (χ1v) is 6.64. The predicted octanol–water partition coefficient (Wildman–Crippen LogP) is 2.69. The molecule has 0 spiro atoms. The third kappa shape index (κ3) is 3.19. The van der Waals surface area contributed by atoms with Crippen molar-refractivity contribution in [3.8, 4) is 0 Å². The first-order valence-electron chi connectivity index (χ1n) is 5.88. The maximum atomic E-state index is 11.8. The topological polar surface area (TPSA) is 66.4 Å². The molecule has 19 heavy (non-hydrogen) atoms. The van der Waals surface area contributed by atoms with Crippen LogP contribution in [0.15, 0.2) is 18.2 Å². The van der Waals surface area contributed by atoms with Gasteiger partial charge in [-0.3, -0.25) is 9.59 Å². The first-order chi connectivity index (χ1) is 8.90. The Labute approximate surface area is 120 Å². The Kier molecular flexibility index (Phi) is 4.02. The molecule has 1 fully saturated rings. The molecule has 1 aromatic carbocycles. The van der Waals surface area contributed by atoms with Crippen molar-refractivity contribution in [2.75, 3.05) is 0 Å². The lowest BCUT2D eigenvalue weighted by molar-refractivity contribution is -0.141. The number of carbonyl (C=O) groups excluding carboxylic acids is 1. The van der Waals surface area contributed by atoms with Gasteiger partial charge in [-0.05, 0) is 37.0 Å². The minimum atomic E-state index is -1.04. The number of hydrogen-bond donors (Lipinski definition) is 2. The summed E-state index contributed by atoms with van der Waals surface area (Å²) in [5.41, 5.74) is 0.956. The van der Waals surface area contributed by atoms with E-state index in [4.69, 9.17) is 28.3 Å². The largest absolute Gasteiger partial charge is 0.480 e. The Balaban J connectivity index is 1.98. The van der Waals surface area contributed by atoms with Gasteiger partial charge in [0.1, 0.15) is 6.04 Å². The summed E-state index contributed by atoms with van der Waals surface area (Å²) in [4.78, 5) is 22.5. The second-order valence-corrected chi connectivity index (χ2v) is 5.51. The van der Waals surface area contributed by atoms with Crippen LogP contribution in [-0.2, 0) is 9.59 Å². The van der Waals surface area contributed by atoms with Gasteiger partial charge in [-0.1, -0.05) is 29.3 Å². The number of aliphatic carboxylic acids is 1. The molecular weight excluding hydrogens is 289 g/mol. The number of benzene rings is 1. The van der Waals surface area contributed by atoms with Crippen molar-refractivity contribution in [1.29, 1.82) is 0 Å². The van der Waals surface area contributed by atoms with Gasteiger partial charge in [0.25, 0.3) is 0 Å². The molecule has 0 aromatic heterocycles. The number of carboxylic acid groups (broad SMARTS) is 1. The van der Waals surface area contributed by atoms with Crippen LogP contribution in [0.4, 0.5) is 0 Å². The van der Waals surface area contributed by atoms with E-state index in [1.54, 1.807) is 12.1 Å². The second kappa shape index (κ2) is 5.39. The van der Waals surface area contributed by atoms with Crippen LogP contribution < -0.4 is 5.32 Å². The SMILES string of the molecule is C[C@@H](NC(=O)C1CC1c1ccc(Cl)c(Cl)c1)C(=O)O. The molecule has 1 amide bonds. The van der Waals surface area contributed by atoms with E-state index in [1.807, 2.05) is 6.07 Å². The maximum absolute atomic E-state index is 11.8. The number of nitrogens with one attached hydrogen (secondary N) is 1. The van der Waals surface area contributed by atoms with Gasteiger partial charge < -0.3 is 10.4 Å². The molecule has 3 atom stereocenters. The number of carbonyl (C=O) groups is 2. The van der Waals surface area contributed by atoms with Crippen molar-refractivity contribution in [3.63, 3.8) is 0 Å². The van der Waals surface area contributed by atoms with E-state index >= 15 is 0 Å². The molecule has 0 bridgehead atoms. The van der Waals surface area contributed by atoms with Gasteiger partial charge in [0, 0.05) is 5.92 Å². The average molecular weight is 302 g/mol. The summed E-state index contributed by atoms with van der Waals surface area (Å²) in [6.45, 7) is 1.44. The van der Waals surface area contributed by atoms with Gasteiger partial charge >= 0.3 is 5.97 Å². The van der Waals surface area contributed by atoms with Gasteiger partial charge in [-0.15, -0.1) is 0 Å². The van der Waals surface area contributed by atoms with Gasteiger partial charge in [0.2, 0.25) is 5.91 Å². The van der Waals surface area contributed by atoms with Gasteiger partial charge in [-0.2, -0.15) is 0 Å². The minimum absolute atomic E-state index is 0.0933. The normalized spacial score (nSPS) is 22.7. The third-order valence-electron chi connectivity index (χ3n) is 3.23. The van der Waals surface area contributed by atoms with E-state index in [0.29, 0.717) is 16.5 Å². The number of amides is 1. The highest BCUT2D eigenvalue weighted by atomic mass is 35.5. The maximum Gasteiger partial charge on any atom is 0.325 e. The lowest BCUT2D eigenvalue weighted by Crippen LogP contribution is -2.39. The third-order valence-corrected chi connectivity index (χ3v) is 3.97. The van der Waals surface area contributed by atoms with Crippen LogP contribution in [0.2, 0.25) is 10.0 Å². The van der Waals surface area contributed by atoms with Crippen molar-refractivity contribution in [2.24, 2.45) is 5.92 Å². The van der Waals surface area contributed by atoms with Crippen LogP contribution >= 0.6 is 23.2 Å². The molecule has 1 saturated carbocycles. The first kappa shape index (κ1) is 14.2. The molecule has 0 saturated heterocycles. The van der Waals surface area contributed by atoms with Crippen molar-refractivity contribution in [2.45, 2.75) is 25.3 Å². The molecule has 1 aromatic rings. The van der Waals surface area contributed by atoms with Crippen LogP contribution in [0.25, 0.3) is 0 Å². The quantitative estimate of drug-likeness (QED) is 0.898. The lowest BCUT2D eigenvalue weighted by atomic mass is 10.1. The van der Waals surface area contributed by atoms with Crippen molar-refractivity contribution < 1.29 is 14.7 Å². The Morgan fingerprint density at radius 3 is 2.63 bits per heavy atom. The van der Waals surface area contributed by atoms with Crippen LogP contribution in [0.1, 0.15) is 24.8 Å². The fourth-order valence-electron chi connectivity index (χ4n) is 1.98. The van der Waals surface area contributed by atoms with E-state index in [0.717, 1.165) is 5.56 Å². The van der Waals surface area contributed by atoms with Crippen LogP contribution in [0, 0.1) is 5.92 Å². The number of halogens is 2. The zero-order valence-electron chi connectivity index (χ0n) is 10.2. The number of rotatable bonds is 4. The van der Waals surface area contributed by atoms with Crippen molar-refractivity contribution in [1.82, 2.24) is 5.32 Å². The van der Waals surface area contributed by atoms with Crippen LogP contribution in [0.3, 0.4) is 0 Å². The van der Waals surface area contributed by atoms with E-state index in [2.05, 4.69) is 5.32 Å². The number of carboxylic acids is 1. The molecule has 6 heteroatoms.